The maximum atomic E-state index is 13.0. The van der Waals surface area contributed by atoms with Crippen molar-refractivity contribution in [3.05, 3.63) is 58.9 Å². The summed E-state index contributed by atoms with van der Waals surface area (Å²) < 4.78 is 6.33. The fourth-order valence-corrected chi connectivity index (χ4v) is 4.08. The van der Waals surface area contributed by atoms with Crippen molar-refractivity contribution in [3.63, 3.8) is 0 Å². The van der Waals surface area contributed by atoms with Crippen molar-refractivity contribution >= 4 is 18.0 Å². The number of hydrogen-bond donors (Lipinski definition) is 2. The number of carbonyl (C=O) groups excluding carboxylic acids is 2. The molecule has 0 bridgehead atoms. The molecule has 2 aliphatic heterocycles. The van der Waals surface area contributed by atoms with E-state index in [1.165, 1.54) is 11.1 Å². The van der Waals surface area contributed by atoms with Crippen LogP contribution in [0, 0.1) is 6.92 Å². The number of ketones is 1. The molecule has 0 radical (unpaired) electrons. The van der Waals surface area contributed by atoms with Crippen LogP contribution in [0.3, 0.4) is 0 Å². The van der Waals surface area contributed by atoms with E-state index in [-0.39, 0.29) is 29.6 Å². The molecule has 32 heavy (non-hydrogen) atoms. The normalized spacial score (nSPS) is 22.6. The van der Waals surface area contributed by atoms with E-state index in [1.807, 2.05) is 6.92 Å². The number of Topliss-reactive ketones (excluding diaryl/α,β-unsaturated/α-hetero) is 1. The molecular weight excluding hydrogens is 404 g/mol. The number of hydrogen-bond acceptors (Lipinski definition) is 5. The third-order valence-corrected chi connectivity index (χ3v) is 6.16. The molecule has 2 atom stereocenters. The highest BCUT2D eigenvalue weighted by Gasteiger charge is 2.26. The van der Waals surface area contributed by atoms with Crippen LogP contribution < -0.4 is 11.1 Å². The maximum absolute atomic E-state index is 13.0. The Kier molecular flexibility index (Phi) is 8.22. The summed E-state index contributed by atoms with van der Waals surface area (Å²) in [6.07, 6.45) is 5.13. The predicted molar refractivity (Wildman–Crippen MR) is 126 cm³/mol. The van der Waals surface area contributed by atoms with E-state index in [0.717, 1.165) is 25.6 Å². The SMILES string of the molecule is C=C(NCC1CCC[C@@H](c2ccc(C)cc2)O1)/C(C)=C(\N=C/N)C(=O)N1CCC(=O)CC1. The van der Waals surface area contributed by atoms with Gasteiger partial charge in [0.1, 0.15) is 11.5 Å². The third-order valence-electron chi connectivity index (χ3n) is 6.16. The first-order valence-corrected chi connectivity index (χ1v) is 11.3. The van der Waals surface area contributed by atoms with Gasteiger partial charge in [0.2, 0.25) is 0 Å². The zero-order chi connectivity index (χ0) is 23.1. The number of amides is 1. The van der Waals surface area contributed by atoms with Crippen molar-refractivity contribution < 1.29 is 14.3 Å². The summed E-state index contributed by atoms with van der Waals surface area (Å²) in [5, 5.41) is 3.32. The minimum Gasteiger partial charge on any atom is -0.390 e. The number of allylic oxidation sites excluding steroid dienone is 1. The summed E-state index contributed by atoms with van der Waals surface area (Å²) in [7, 11) is 0. The summed E-state index contributed by atoms with van der Waals surface area (Å²) in [6.45, 7) is 9.41. The van der Waals surface area contributed by atoms with Gasteiger partial charge in [0.25, 0.3) is 5.91 Å². The summed E-state index contributed by atoms with van der Waals surface area (Å²) in [4.78, 5) is 30.2. The van der Waals surface area contributed by atoms with E-state index >= 15 is 0 Å². The van der Waals surface area contributed by atoms with Crippen molar-refractivity contribution in [1.29, 1.82) is 0 Å². The van der Waals surface area contributed by atoms with E-state index < -0.39 is 0 Å². The molecule has 2 saturated heterocycles. The van der Waals surface area contributed by atoms with Gasteiger partial charge < -0.3 is 20.7 Å². The first-order chi connectivity index (χ1) is 15.4. The monoisotopic (exact) mass is 438 g/mol. The molecule has 0 spiro atoms. The van der Waals surface area contributed by atoms with Crippen molar-refractivity contribution in [1.82, 2.24) is 10.2 Å². The molecule has 2 fully saturated rings. The van der Waals surface area contributed by atoms with Gasteiger partial charge in [-0.25, -0.2) is 4.99 Å². The largest absolute Gasteiger partial charge is 0.390 e. The maximum Gasteiger partial charge on any atom is 0.272 e. The molecule has 1 unspecified atom stereocenters. The zero-order valence-corrected chi connectivity index (χ0v) is 19.1. The average Bonchev–Trinajstić information content (AvgIpc) is 2.81. The number of nitrogens with zero attached hydrogens (tertiary/aromatic N) is 2. The zero-order valence-electron chi connectivity index (χ0n) is 19.1. The number of nitrogens with one attached hydrogen (secondary N) is 1. The lowest BCUT2D eigenvalue weighted by Gasteiger charge is -2.31. The van der Waals surface area contributed by atoms with E-state index in [4.69, 9.17) is 10.5 Å². The highest BCUT2D eigenvalue weighted by molar-refractivity contribution is 5.96. The van der Waals surface area contributed by atoms with E-state index in [2.05, 4.69) is 48.1 Å². The second-order valence-electron chi connectivity index (χ2n) is 8.53. The number of piperidine rings is 1. The summed E-state index contributed by atoms with van der Waals surface area (Å²) >= 11 is 0. The van der Waals surface area contributed by atoms with Crippen LogP contribution in [-0.2, 0) is 14.3 Å². The number of benzene rings is 1. The van der Waals surface area contributed by atoms with Crippen molar-refractivity contribution in [2.45, 2.75) is 58.2 Å². The molecule has 3 N–H and O–H groups in total. The first kappa shape index (κ1) is 23.7. The van der Waals surface area contributed by atoms with Crippen LogP contribution in [0.25, 0.3) is 0 Å². The van der Waals surface area contributed by atoms with Crippen molar-refractivity contribution in [2.75, 3.05) is 19.6 Å². The fourth-order valence-electron chi connectivity index (χ4n) is 4.08. The Balaban J connectivity index is 1.61. The topological polar surface area (TPSA) is 97.0 Å². The molecule has 2 heterocycles. The number of ether oxygens (including phenoxy) is 1. The average molecular weight is 439 g/mol. The summed E-state index contributed by atoms with van der Waals surface area (Å²) in [5.74, 6) is -0.0471. The first-order valence-electron chi connectivity index (χ1n) is 11.3. The summed E-state index contributed by atoms with van der Waals surface area (Å²) in [6, 6.07) is 8.51. The van der Waals surface area contributed by atoms with Crippen LogP contribution in [0.5, 0.6) is 0 Å². The molecule has 1 aromatic rings. The molecule has 7 nitrogen and oxygen atoms in total. The van der Waals surface area contributed by atoms with Crippen LogP contribution in [0.1, 0.15) is 56.3 Å². The number of carbonyl (C=O) groups is 2. The highest BCUT2D eigenvalue weighted by Crippen LogP contribution is 2.31. The number of aliphatic imine (C=N–C) groups is 1. The molecule has 0 aromatic heterocycles. The lowest BCUT2D eigenvalue weighted by molar-refractivity contribution is -0.131. The van der Waals surface area contributed by atoms with Crippen molar-refractivity contribution in [3.8, 4) is 0 Å². The number of nitrogens with two attached hydrogens (primary N) is 1. The molecule has 7 heteroatoms. The van der Waals surface area contributed by atoms with E-state index in [0.29, 0.717) is 43.7 Å². The molecular formula is C25H34N4O3. The van der Waals surface area contributed by atoms with Gasteiger partial charge in [0.15, 0.2) is 0 Å². The minimum atomic E-state index is -0.229. The standard InChI is InChI=1S/C25H34N4O3/c1-17-7-9-20(10-8-17)23-6-4-5-22(32-23)15-27-19(3)18(2)24(28-16-26)25(31)29-13-11-21(30)12-14-29/h7-10,16,22-23,27H,3-6,11-15H2,1-2H3,(H2,26,28)/b24-18-/t22?,23-/m0/s1. The van der Waals surface area contributed by atoms with Crippen LogP contribution >= 0.6 is 0 Å². The van der Waals surface area contributed by atoms with Crippen LogP contribution in [0.15, 0.2) is 52.8 Å². The van der Waals surface area contributed by atoms with Crippen molar-refractivity contribution in [2.24, 2.45) is 10.7 Å². The molecule has 2 aliphatic rings. The lowest BCUT2D eigenvalue weighted by atomic mass is 9.97. The van der Waals surface area contributed by atoms with E-state index in [1.54, 1.807) is 4.90 Å². The molecule has 1 aromatic carbocycles. The van der Waals surface area contributed by atoms with Crippen LogP contribution in [0.2, 0.25) is 0 Å². The van der Waals surface area contributed by atoms with Gasteiger partial charge in [-0.3, -0.25) is 9.59 Å². The van der Waals surface area contributed by atoms with Gasteiger partial charge >= 0.3 is 0 Å². The van der Waals surface area contributed by atoms with Gasteiger partial charge in [-0.05, 0) is 38.7 Å². The number of aryl methyl sites for hydroxylation is 1. The Labute approximate surface area is 190 Å². The Bertz CT molecular complexity index is 894. The molecule has 172 valence electrons. The van der Waals surface area contributed by atoms with Gasteiger partial charge in [-0.2, -0.15) is 0 Å². The molecule has 3 rings (SSSR count). The lowest BCUT2D eigenvalue weighted by Crippen LogP contribution is -2.39. The van der Waals surface area contributed by atoms with Gasteiger partial charge in [0, 0.05) is 43.7 Å². The molecule has 0 aliphatic carbocycles. The highest BCUT2D eigenvalue weighted by atomic mass is 16.5. The van der Waals surface area contributed by atoms with Gasteiger partial charge in [0.05, 0.1) is 18.5 Å². The van der Waals surface area contributed by atoms with Crippen LogP contribution in [-0.4, -0.2) is 48.7 Å². The Morgan fingerprint density at radius 2 is 1.97 bits per heavy atom. The van der Waals surface area contributed by atoms with Gasteiger partial charge in [-0.1, -0.05) is 36.4 Å². The Hall–Kier alpha value is -2.93. The second-order valence-corrected chi connectivity index (χ2v) is 8.53. The number of rotatable bonds is 7. The predicted octanol–water partition coefficient (Wildman–Crippen LogP) is 3.16. The molecule has 0 saturated carbocycles. The second kappa shape index (κ2) is 11.1. The van der Waals surface area contributed by atoms with E-state index in [9.17, 15) is 9.59 Å². The third kappa shape index (κ3) is 6.07. The van der Waals surface area contributed by atoms with Gasteiger partial charge in [-0.15, -0.1) is 0 Å². The quantitative estimate of drug-likeness (QED) is 0.295. The van der Waals surface area contributed by atoms with Crippen LogP contribution in [0.4, 0.5) is 0 Å². The smallest absolute Gasteiger partial charge is 0.272 e. The summed E-state index contributed by atoms with van der Waals surface area (Å²) in [5.41, 5.74) is 9.46. The fraction of sp³-hybridized carbons (Fsp3) is 0.480. The number of likely N-dealkylation sites (tertiary alicyclic amines) is 1. The Morgan fingerprint density at radius 1 is 1.28 bits per heavy atom. The minimum absolute atomic E-state index is 0.0601. The molecule has 1 amide bonds. The Morgan fingerprint density at radius 3 is 2.62 bits per heavy atom.